The third kappa shape index (κ3) is 3.19. The summed E-state index contributed by atoms with van der Waals surface area (Å²) in [4.78, 5) is 13.8. The number of methoxy groups -OCH3 is 1. The number of fused-ring (bicyclic) bond motifs is 4. The number of aryl methyl sites for hydroxylation is 2. The summed E-state index contributed by atoms with van der Waals surface area (Å²) in [6, 6.07) is 10.4. The third-order valence-corrected chi connectivity index (χ3v) is 6.24. The minimum Gasteiger partial charge on any atom is -0.497 e. The summed E-state index contributed by atoms with van der Waals surface area (Å²) in [5, 5.41) is 1.10. The number of benzene rings is 2. The van der Waals surface area contributed by atoms with Gasteiger partial charge < -0.3 is 13.9 Å². The lowest BCUT2D eigenvalue weighted by atomic mass is 9.89. The summed E-state index contributed by atoms with van der Waals surface area (Å²) >= 11 is 0. The number of ether oxygens (including phenoxy) is 2. The van der Waals surface area contributed by atoms with E-state index in [1.165, 1.54) is 21.6 Å². The maximum Gasteiger partial charge on any atom is 0.339 e. The van der Waals surface area contributed by atoms with Crippen LogP contribution in [0.2, 0.25) is 0 Å². The lowest BCUT2D eigenvalue weighted by Crippen LogP contribution is -3.10. The van der Waals surface area contributed by atoms with Crippen molar-refractivity contribution < 1.29 is 18.8 Å². The summed E-state index contributed by atoms with van der Waals surface area (Å²) in [6.45, 7) is 4.39. The Labute approximate surface area is 169 Å². The largest absolute Gasteiger partial charge is 0.497 e. The Morgan fingerprint density at radius 1 is 1.10 bits per heavy atom. The van der Waals surface area contributed by atoms with E-state index in [9.17, 15) is 4.79 Å². The van der Waals surface area contributed by atoms with Crippen LogP contribution in [0.3, 0.4) is 0 Å². The van der Waals surface area contributed by atoms with Crippen LogP contribution in [0.1, 0.15) is 40.7 Å². The molecule has 1 unspecified atom stereocenters. The van der Waals surface area contributed by atoms with Gasteiger partial charge >= 0.3 is 5.63 Å². The molecule has 2 heterocycles. The molecule has 1 aliphatic carbocycles. The van der Waals surface area contributed by atoms with Crippen molar-refractivity contribution in [2.75, 3.05) is 13.8 Å². The summed E-state index contributed by atoms with van der Waals surface area (Å²) in [5.41, 5.74) is 6.01. The Morgan fingerprint density at radius 3 is 2.62 bits per heavy atom. The molecule has 3 aromatic rings. The van der Waals surface area contributed by atoms with Crippen molar-refractivity contribution in [2.45, 2.75) is 45.7 Å². The second-order valence-corrected chi connectivity index (χ2v) is 8.16. The van der Waals surface area contributed by atoms with Crippen LogP contribution in [0, 0.1) is 6.92 Å². The molecule has 0 radical (unpaired) electrons. The molecular formula is C24H26NO4+. The monoisotopic (exact) mass is 392 g/mol. The van der Waals surface area contributed by atoms with Crippen LogP contribution < -0.4 is 20.0 Å². The molecule has 0 bridgehead atoms. The number of rotatable bonds is 3. The minimum absolute atomic E-state index is 0.169. The summed E-state index contributed by atoms with van der Waals surface area (Å²) in [6.07, 6.45) is 3.98. The Bertz CT molecular complexity index is 1130. The fourth-order valence-corrected chi connectivity index (χ4v) is 4.76. The Balaban J connectivity index is 1.50. The van der Waals surface area contributed by atoms with Gasteiger partial charge in [0.15, 0.2) is 0 Å². The number of nitrogens with one attached hydrogen (secondary N) is 1. The van der Waals surface area contributed by atoms with E-state index in [-0.39, 0.29) is 5.63 Å². The van der Waals surface area contributed by atoms with Gasteiger partial charge in [-0.3, -0.25) is 4.90 Å². The number of hydrogen-bond donors (Lipinski definition) is 1. The number of hydrogen-bond acceptors (Lipinski definition) is 4. The predicted molar refractivity (Wildman–Crippen MR) is 111 cm³/mol. The fourth-order valence-electron chi connectivity index (χ4n) is 4.76. The van der Waals surface area contributed by atoms with E-state index in [1.807, 2.05) is 19.1 Å². The average molecular weight is 392 g/mol. The van der Waals surface area contributed by atoms with Crippen LogP contribution in [-0.2, 0) is 25.9 Å². The highest BCUT2D eigenvalue weighted by atomic mass is 16.5. The van der Waals surface area contributed by atoms with E-state index in [0.717, 1.165) is 66.8 Å². The molecular weight excluding hydrogens is 366 g/mol. The molecule has 150 valence electrons. The topological polar surface area (TPSA) is 53.1 Å². The van der Waals surface area contributed by atoms with E-state index in [1.54, 1.807) is 7.11 Å². The quantitative estimate of drug-likeness (QED) is 0.697. The molecule has 1 N–H and O–H groups in total. The van der Waals surface area contributed by atoms with Crippen LogP contribution in [0.25, 0.3) is 11.0 Å². The Kier molecular flexibility index (Phi) is 4.55. The second kappa shape index (κ2) is 7.23. The van der Waals surface area contributed by atoms with Gasteiger partial charge in [-0.25, -0.2) is 4.79 Å². The second-order valence-electron chi connectivity index (χ2n) is 8.16. The molecule has 5 nitrogen and oxygen atoms in total. The molecule has 5 rings (SSSR count). The van der Waals surface area contributed by atoms with Gasteiger partial charge in [-0.05, 0) is 68.5 Å². The van der Waals surface area contributed by atoms with Gasteiger partial charge in [0.25, 0.3) is 0 Å². The molecule has 2 aromatic carbocycles. The highest BCUT2D eigenvalue weighted by Crippen LogP contribution is 2.36. The van der Waals surface area contributed by atoms with E-state index in [0.29, 0.717) is 12.3 Å². The summed E-state index contributed by atoms with van der Waals surface area (Å²) < 4.78 is 17.2. The molecule has 2 aliphatic rings. The van der Waals surface area contributed by atoms with Crippen molar-refractivity contribution in [3.63, 3.8) is 0 Å². The fraction of sp³-hybridized carbons (Fsp3) is 0.375. The van der Waals surface area contributed by atoms with Crippen LogP contribution >= 0.6 is 0 Å². The first kappa shape index (κ1) is 18.3. The van der Waals surface area contributed by atoms with E-state index >= 15 is 0 Å². The normalized spacial score (nSPS) is 18.1. The van der Waals surface area contributed by atoms with Crippen molar-refractivity contribution >= 4 is 11.0 Å². The van der Waals surface area contributed by atoms with Crippen LogP contribution in [0.4, 0.5) is 0 Å². The zero-order chi connectivity index (χ0) is 20.0. The maximum atomic E-state index is 12.5. The van der Waals surface area contributed by atoms with Gasteiger partial charge in [-0.1, -0.05) is 0 Å². The molecule has 1 atom stereocenters. The summed E-state index contributed by atoms with van der Waals surface area (Å²) in [7, 11) is 1.68. The molecule has 0 saturated carbocycles. The SMILES string of the molecule is COc1ccc(C[NH+]2COc3c(cc4c5c(c(=O)oc4c3C)CCCC5)C2)cc1. The van der Waals surface area contributed by atoms with Crippen molar-refractivity contribution in [1.29, 1.82) is 0 Å². The van der Waals surface area contributed by atoms with Crippen molar-refractivity contribution in [1.82, 2.24) is 0 Å². The van der Waals surface area contributed by atoms with Gasteiger partial charge in [0, 0.05) is 27.6 Å². The average Bonchev–Trinajstić information content (AvgIpc) is 2.75. The van der Waals surface area contributed by atoms with Gasteiger partial charge in [-0.2, -0.15) is 0 Å². The Morgan fingerprint density at radius 2 is 1.86 bits per heavy atom. The van der Waals surface area contributed by atoms with Crippen molar-refractivity contribution in [2.24, 2.45) is 0 Å². The molecule has 5 heteroatoms. The van der Waals surface area contributed by atoms with Crippen LogP contribution in [0.15, 0.2) is 39.5 Å². The highest BCUT2D eigenvalue weighted by Gasteiger charge is 2.27. The van der Waals surface area contributed by atoms with Gasteiger partial charge in [0.2, 0.25) is 6.73 Å². The first-order chi connectivity index (χ1) is 14.1. The third-order valence-electron chi connectivity index (χ3n) is 6.24. The molecule has 0 spiro atoms. The molecule has 0 saturated heterocycles. The Hall–Kier alpha value is -2.79. The van der Waals surface area contributed by atoms with E-state index in [4.69, 9.17) is 13.9 Å². The highest BCUT2D eigenvalue weighted by molar-refractivity contribution is 5.87. The van der Waals surface area contributed by atoms with Crippen molar-refractivity contribution in [3.8, 4) is 11.5 Å². The molecule has 1 aromatic heterocycles. The first-order valence-electron chi connectivity index (χ1n) is 10.3. The maximum absolute atomic E-state index is 12.5. The molecule has 0 fully saturated rings. The molecule has 0 amide bonds. The van der Waals surface area contributed by atoms with Gasteiger partial charge in [0.05, 0.1) is 7.11 Å². The number of quaternary nitrogens is 1. The molecule has 1 aliphatic heterocycles. The van der Waals surface area contributed by atoms with Gasteiger partial charge in [-0.15, -0.1) is 0 Å². The van der Waals surface area contributed by atoms with Crippen molar-refractivity contribution in [3.05, 3.63) is 68.6 Å². The first-order valence-corrected chi connectivity index (χ1v) is 10.3. The zero-order valence-electron chi connectivity index (χ0n) is 17.0. The van der Waals surface area contributed by atoms with E-state index < -0.39 is 0 Å². The lowest BCUT2D eigenvalue weighted by molar-refractivity contribution is -0.945. The summed E-state index contributed by atoms with van der Waals surface area (Å²) in [5.74, 6) is 1.76. The van der Waals surface area contributed by atoms with Crippen LogP contribution in [-0.4, -0.2) is 13.8 Å². The smallest absolute Gasteiger partial charge is 0.339 e. The lowest BCUT2D eigenvalue weighted by Gasteiger charge is -2.28. The van der Waals surface area contributed by atoms with Gasteiger partial charge in [0.1, 0.15) is 30.2 Å². The predicted octanol–water partition coefficient (Wildman–Crippen LogP) is 2.92. The minimum atomic E-state index is -0.169. The van der Waals surface area contributed by atoms with Crippen LogP contribution in [0.5, 0.6) is 11.5 Å². The standard InChI is InChI=1S/C24H25NO4/c1-15-22-17(11-21-19-5-3-4-6-20(19)24(26)29-23(15)21)13-25(14-28-22)12-16-7-9-18(27-2)10-8-16/h7-11H,3-6,12-14H2,1-2H3/p+1. The van der Waals surface area contributed by atoms with E-state index in [2.05, 4.69) is 18.2 Å². The zero-order valence-corrected chi connectivity index (χ0v) is 17.0. The molecule has 29 heavy (non-hydrogen) atoms.